The Bertz CT molecular complexity index is 686. The molecule has 0 aliphatic heterocycles. The summed E-state index contributed by atoms with van der Waals surface area (Å²) >= 11 is 0. The van der Waals surface area contributed by atoms with Crippen molar-refractivity contribution in [1.29, 1.82) is 0 Å². The van der Waals surface area contributed by atoms with Crippen LogP contribution in [0.3, 0.4) is 0 Å². The van der Waals surface area contributed by atoms with Gasteiger partial charge in [0.2, 0.25) is 5.91 Å². The van der Waals surface area contributed by atoms with E-state index in [4.69, 9.17) is 4.74 Å². The van der Waals surface area contributed by atoms with E-state index >= 15 is 0 Å². The zero-order valence-corrected chi connectivity index (χ0v) is 14.0. The molecule has 0 aliphatic rings. The fraction of sp³-hybridized carbons (Fsp3) is 0.263. The van der Waals surface area contributed by atoms with E-state index in [-0.39, 0.29) is 12.5 Å². The number of likely N-dealkylation sites (N-methyl/N-ethyl adjacent to an activating group) is 1. The van der Waals surface area contributed by atoms with Gasteiger partial charge in [0.15, 0.2) is 0 Å². The first-order valence-electron chi connectivity index (χ1n) is 7.88. The molecule has 0 saturated heterocycles. The Balaban J connectivity index is 2.00. The summed E-state index contributed by atoms with van der Waals surface area (Å²) in [7, 11) is 1.34. The summed E-state index contributed by atoms with van der Waals surface area (Å²) in [6, 6.07) is 16.8. The van der Waals surface area contributed by atoms with Gasteiger partial charge >= 0.3 is 5.97 Å². The summed E-state index contributed by atoms with van der Waals surface area (Å²) in [5, 5.41) is 3.04. The first-order chi connectivity index (χ1) is 11.7. The molecular weight excluding hydrogens is 304 g/mol. The highest BCUT2D eigenvalue weighted by molar-refractivity contribution is 5.96. The largest absolute Gasteiger partial charge is 0.465 e. The summed E-state index contributed by atoms with van der Waals surface area (Å²) in [5.74, 6) is -0.455. The Labute approximate surface area is 142 Å². The number of para-hydroxylation sites is 1. The lowest BCUT2D eigenvalue weighted by atomic mass is 10.1. The van der Waals surface area contributed by atoms with Crippen LogP contribution in [0.2, 0.25) is 0 Å². The Morgan fingerprint density at radius 2 is 1.71 bits per heavy atom. The van der Waals surface area contributed by atoms with Crippen LogP contribution in [0.15, 0.2) is 54.6 Å². The molecule has 0 aliphatic carbocycles. The third kappa shape index (κ3) is 4.59. The van der Waals surface area contributed by atoms with E-state index in [2.05, 4.69) is 5.32 Å². The van der Waals surface area contributed by atoms with E-state index in [9.17, 15) is 9.59 Å². The maximum Gasteiger partial charge on any atom is 0.339 e. The number of methoxy groups -OCH3 is 1. The van der Waals surface area contributed by atoms with Crippen LogP contribution >= 0.6 is 0 Å². The van der Waals surface area contributed by atoms with Gasteiger partial charge in [0.05, 0.1) is 19.2 Å². The van der Waals surface area contributed by atoms with Gasteiger partial charge in [-0.2, -0.15) is 0 Å². The van der Waals surface area contributed by atoms with Crippen molar-refractivity contribution in [1.82, 2.24) is 4.90 Å². The van der Waals surface area contributed by atoms with Crippen molar-refractivity contribution in [3.05, 3.63) is 65.7 Å². The predicted molar refractivity (Wildman–Crippen MR) is 93.8 cm³/mol. The lowest BCUT2D eigenvalue weighted by molar-refractivity contribution is -0.129. The molecular formula is C19H22N2O3. The van der Waals surface area contributed by atoms with Gasteiger partial charge < -0.3 is 15.0 Å². The molecule has 0 radical (unpaired) electrons. The number of nitrogens with one attached hydrogen (secondary N) is 1. The molecule has 2 aromatic rings. The summed E-state index contributed by atoms with van der Waals surface area (Å²) in [6.07, 6.45) is 0. The Morgan fingerprint density at radius 3 is 2.38 bits per heavy atom. The third-order valence-electron chi connectivity index (χ3n) is 3.71. The number of ether oxygens (including phenoxy) is 1. The predicted octanol–water partition coefficient (Wildman–Crippen LogP) is 2.93. The molecule has 0 fully saturated rings. The van der Waals surface area contributed by atoms with Crippen LogP contribution < -0.4 is 5.32 Å². The molecule has 0 heterocycles. The highest BCUT2D eigenvalue weighted by Crippen LogP contribution is 2.16. The standard InChI is InChI=1S/C19H22N2O3/c1-3-21(14-15-9-5-4-6-10-15)18(22)13-20-17-12-8-7-11-16(17)19(23)24-2/h4-12,20H,3,13-14H2,1-2H3. The Hall–Kier alpha value is -2.82. The average molecular weight is 326 g/mol. The van der Waals surface area contributed by atoms with Gasteiger partial charge in [-0.05, 0) is 24.6 Å². The van der Waals surface area contributed by atoms with Crippen molar-refractivity contribution in [2.24, 2.45) is 0 Å². The van der Waals surface area contributed by atoms with Crippen LogP contribution in [0.5, 0.6) is 0 Å². The molecule has 1 amide bonds. The summed E-state index contributed by atoms with van der Waals surface area (Å²) < 4.78 is 4.76. The van der Waals surface area contributed by atoms with E-state index in [1.807, 2.05) is 37.3 Å². The number of carbonyl (C=O) groups excluding carboxylic acids is 2. The fourth-order valence-corrected chi connectivity index (χ4v) is 2.39. The summed E-state index contributed by atoms with van der Waals surface area (Å²) in [6.45, 7) is 3.25. The van der Waals surface area contributed by atoms with Crippen molar-refractivity contribution in [3.63, 3.8) is 0 Å². The van der Waals surface area contributed by atoms with Gasteiger partial charge in [-0.3, -0.25) is 4.79 Å². The van der Waals surface area contributed by atoms with Crippen molar-refractivity contribution in [3.8, 4) is 0 Å². The molecule has 126 valence electrons. The van der Waals surface area contributed by atoms with Crippen LogP contribution in [-0.2, 0) is 16.1 Å². The smallest absolute Gasteiger partial charge is 0.339 e. The molecule has 0 unspecified atom stereocenters. The van der Waals surface area contributed by atoms with Crippen molar-refractivity contribution < 1.29 is 14.3 Å². The summed E-state index contributed by atoms with van der Waals surface area (Å²) in [4.78, 5) is 26.0. The molecule has 24 heavy (non-hydrogen) atoms. The highest BCUT2D eigenvalue weighted by atomic mass is 16.5. The number of esters is 1. The number of hydrogen-bond acceptors (Lipinski definition) is 4. The molecule has 2 aromatic carbocycles. The minimum Gasteiger partial charge on any atom is -0.465 e. The molecule has 0 spiro atoms. The lowest BCUT2D eigenvalue weighted by Crippen LogP contribution is -2.35. The van der Waals surface area contributed by atoms with E-state index < -0.39 is 5.97 Å². The number of nitrogens with zero attached hydrogens (tertiary/aromatic N) is 1. The Kier molecular flexibility index (Phi) is 6.37. The van der Waals surface area contributed by atoms with Crippen LogP contribution in [0.25, 0.3) is 0 Å². The maximum absolute atomic E-state index is 12.4. The SMILES string of the molecule is CCN(Cc1ccccc1)C(=O)CNc1ccccc1C(=O)OC. The number of anilines is 1. The number of carbonyl (C=O) groups is 2. The number of amides is 1. The first-order valence-corrected chi connectivity index (χ1v) is 7.88. The van der Waals surface area contributed by atoms with E-state index in [0.717, 1.165) is 5.56 Å². The molecule has 5 heteroatoms. The highest BCUT2D eigenvalue weighted by Gasteiger charge is 2.15. The van der Waals surface area contributed by atoms with Gasteiger partial charge in [-0.25, -0.2) is 4.79 Å². The van der Waals surface area contributed by atoms with Crippen molar-refractivity contribution in [2.45, 2.75) is 13.5 Å². The van der Waals surface area contributed by atoms with Crippen LogP contribution in [-0.4, -0.2) is 37.0 Å². The van der Waals surface area contributed by atoms with Crippen molar-refractivity contribution >= 4 is 17.6 Å². The zero-order valence-electron chi connectivity index (χ0n) is 14.0. The van der Waals surface area contributed by atoms with E-state index in [0.29, 0.717) is 24.3 Å². The molecule has 0 saturated carbocycles. The second-order valence-electron chi connectivity index (χ2n) is 5.28. The molecule has 2 rings (SSSR count). The number of hydrogen-bond donors (Lipinski definition) is 1. The topological polar surface area (TPSA) is 58.6 Å². The minimum atomic E-state index is -0.429. The van der Waals surface area contributed by atoms with E-state index in [1.54, 1.807) is 29.2 Å². The number of rotatable bonds is 7. The molecule has 0 aromatic heterocycles. The van der Waals surface area contributed by atoms with Crippen LogP contribution in [0, 0.1) is 0 Å². The van der Waals surface area contributed by atoms with Gasteiger partial charge in [-0.15, -0.1) is 0 Å². The van der Waals surface area contributed by atoms with Crippen LogP contribution in [0.4, 0.5) is 5.69 Å². The zero-order chi connectivity index (χ0) is 17.4. The minimum absolute atomic E-state index is 0.0268. The van der Waals surface area contributed by atoms with Gasteiger partial charge in [-0.1, -0.05) is 42.5 Å². The lowest BCUT2D eigenvalue weighted by Gasteiger charge is -2.22. The normalized spacial score (nSPS) is 10.1. The fourth-order valence-electron chi connectivity index (χ4n) is 2.39. The van der Waals surface area contributed by atoms with Gasteiger partial charge in [0.25, 0.3) is 0 Å². The maximum atomic E-state index is 12.4. The molecule has 0 atom stereocenters. The molecule has 5 nitrogen and oxygen atoms in total. The average Bonchev–Trinajstić information content (AvgIpc) is 2.64. The second-order valence-corrected chi connectivity index (χ2v) is 5.28. The number of benzene rings is 2. The van der Waals surface area contributed by atoms with Gasteiger partial charge in [0.1, 0.15) is 0 Å². The monoisotopic (exact) mass is 326 g/mol. The molecule has 0 bridgehead atoms. The van der Waals surface area contributed by atoms with E-state index in [1.165, 1.54) is 7.11 Å². The Morgan fingerprint density at radius 1 is 1.04 bits per heavy atom. The summed E-state index contributed by atoms with van der Waals surface area (Å²) in [5.41, 5.74) is 2.09. The first kappa shape index (κ1) is 17.5. The van der Waals surface area contributed by atoms with Crippen molar-refractivity contribution in [2.75, 3.05) is 25.5 Å². The van der Waals surface area contributed by atoms with Crippen LogP contribution in [0.1, 0.15) is 22.8 Å². The van der Waals surface area contributed by atoms with Gasteiger partial charge in [0, 0.05) is 18.8 Å². The molecule has 1 N–H and O–H groups in total. The third-order valence-corrected chi connectivity index (χ3v) is 3.71. The quantitative estimate of drug-likeness (QED) is 0.795. The second kappa shape index (κ2) is 8.72.